The topological polar surface area (TPSA) is 33.5 Å². The molecular weight excluding hydrogens is 214 g/mol. The monoisotopic (exact) mass is 227 g/mol. The molecule has 82 valence electrons. The number of rotatable bonds is 2. The quantitative estimate of drug-likeness (QED) is 0.779. The Morgan fingerprint density at radius 2 is 2.53 bits per heavy atom. The van der Waals surface area contributed by atoms with Gasteiger partial charge in [0, 0.05) is 12.6 Å². The van der Waals surface area contributed by atoms with Gasteiger partial charge in [0.15, 0.2) is 0 Å². The molecule has 3 nitrogen and oxygen atoms in total. The fourth-order valence-corrected chi connectivity index (χ4v) is 2.32. The Kier molecular flexibility index (Phi) is 3.00. The number of likely N-dealkylation sites (tertiary alicyclic amines) is 1. The first-order valence-corrected chi connectivity index (χ1v) is 5.65. The average molecular weight is 228 g/mol. The summed E-state index contributed by atoms with van der Waals surface area (Å²) in [6, 6.07) is 2.00. The molecule has 1 atom stereocenters. The van der Waals surface area contributed by atoms with Crippen LogP contribution in [-0.4, -0.2) is 23.4 Å². The summed E-state index contributed by atoms with van der Waals surface area (Å²) in [6.45, 7) is 2.94. The Bertz CT molecular complexity index is 361. The van der Waals surface area contributed by atoms with E-state index in [-0.39, 0.29) is 11.1 Å². The Morgan fingerprint density at radius 3 is 3.13 bits per heavy atom. The first-order valence-electron chi connectivity index (χ1n) is 5.28. The van der Waals surface area contributed by atoms with Crippen molar-refractivity contribution in [1.82, 2.24) is 4.90 Å². The number of carbonyl (C=O) groups is 1. The highest BCUT2D eigenvalue weighted by atomic mass is 35.5. The number of amides is 1. The van der Waals surface area contributed by atoms with E-state index in [2.05, 4.69) is 6.92 Å². The molecule has 1 aliphatic heterocycles. The second kappa shape index (κ2) is 4.27. The van der Waals surface area contributed by atoms with Crippen molar-refractivity contribution < 1.29 is 9.21 Å². The largest absolute Gasteiger partial charge is 0.452 e. The van der Waals surface area contributed by atoms with E-state index in [1.807, 2.05) is 4.90 Å². The molecule has 0 radical (unpaired) electrons. The maximum absolute atomic E-state index is 12.1. The molecule has 0 aliphatic carbocycles. The summed E-state index contributed by atoms with van der Waals surface area (Å²) in [7, 11) is 0. The van der Waals surface area contributed by atoms with E-state index in [9.17, 15) is 4.79 Å². The van der Waals surface area contributed by atoms with Crippen LogP contribution in [-0.2, 0) is 0 Å². The molecule has 1 aliphatic rings. The van der Waals surface area contributed by atoms with E-state index in [0.717, 1.165) is 25.8 Å². The summed E-state index contributed by atoms with van der Waals surface area (Å²) < 4.78 is 4.93. The van der Waals surface area contributed by atoms with Gasteiger partial charge in [-0.3, -0.25) is 4.79 Å². The van der Waals surface area contributed by atoms with Crippen LogP contribution in [0.15, 0.2) is 16.7 Å². The zero-order chi connectivity index (χ0) is 10.8. The van der Waals surface area contributed by atoms with Gasteiger partial charge in [0.25, 0.3) is 5.91 Å². The molecular formula is C11H14ClNO2. The van der Waals surface area contributed by atoms with Gasteiger partial charge in [-0.2, -0.15) is 0 Å². The normalized spacial score (nSPS) is 20.9. The van der Waals surface area contributed by atoms with Crippen molar-refractivity contribution in [3.05, 3.63) is 23.1 Å². The summed E-state index contributed by atoms with van der Waals surface area (Å²) in [5, 5.41) is 0.196. The van der Waals surface area contributed by atoms with Gasteiger partial charge >= 0.3 is 0 Å². The molecule has 2 heterocycles. The Hall–Kier alpha value is -0.960. The lowest BCUT2D eigenvalue weighted by molar-refractivity contribution is 0.0733. The summed E-state index contributed by atoms with van der Waals surface area (Å²) >= 11 is 5.79. The fourth-order valence-electron chi connectivity index (χ4n) is 2.13. The number of carbonyl (C=O) groups excluding carboxylic acids is 1. The zero-order valence-electron chi connectivity index (χ0n) is 8.70. The first-order chi connectivity index (χ1) is 7.24. The molecule has 0 aromatic carbocycles. The van der Waals surface area contributed by atoms with Crippen molar-refractivity contribution in [3.8, 4) is 0 Å². The van der Waals surface area contributed by atoms with Crippen LogP contribution in [0.1, 0.15) is 36.5 Å². The van der Waals surface area contributed by atoms with Crippen molar-refractivity contribution in [1.29, 1.82) is 0 Å². The highest BCUT2D eigenvalue weighted by Gasteiger charge is 2.29. The fraction of sp³-hybridized carbons (Fsp3) is 0.545. The molecule has 0 spiro atoms. The summed E-state index contributed by atoms with van der Waals surface area (Å²) in [6.07, 6.45) is 4.63. The minimum Gasteiger partial charge on any atom is -0.452 e. The highest BCUT2D eigenvalue weighted by Crippen LogP contribution is 2.25. The number of halogens is 1. The lowest BCUT2D eigenvalue weighted by Crippen LogP contribution is -2.34. The van der Waals surface area contributed by atoms with Gasteiger partial charge in [-0.15, -0.1) is 0 Å². The molecule has 15 heavy (non-hydrogen) atoms. The van der Waals surface area contributed by atoms with Crippen LogP contribution in [0.3, 0.4) is 0 Å². The maximum Gasteiger partial charge on any atom is 0.258 e. The smallest absolute Gasteiger partial charge is 0.258 e. The van der Waals surface area contributed by atoms with Crippen molar-refractivity contribution in [2.75, 3.05) is 6.54 Å². The second-order valence-corrected chi connectivity index (χ2v) is 4.15. The molecule has 1 amide bonds. The second-order valence-electron chi connectivity index (χ2n) is 3.81. The van der Waals surface area contributed by atoms with E-state index in [0.29, 0.717) is 11.6 Å². The molecule has 1 aromatic heterocycles. The van der Waals surface area contributed by atoms with Crippen LogP contribution in [0.25, 0.3) is 0 Å². The van der Waals surface area contributed by atoms with E-state index in [4.69, 9.17) is 16.0 Å². The Labute approximate surface area is 94.0 Å². The van der Waals surface area contributed by atoms with E-state index in [1.165, 1.54) is 6.26 Å². The average Bonchev–Trinajstić information content (AvgIpc) is 2.84. The lowest BCUT2D eigenvalue weighted by Gasteiger charge is -2.22. The van der Waals surface area contributed by atoms with E-state index in [1.54, 1.807) is 6.07 Å². The lowest BCUT2D eigenvalue weighted by atomic mass is 10.1. The first kappa shape index (κ1) is 10.6. The summed E-state index contributed by atoms with van der Waals surface area (Å²) in [4.78, 5) is 14.0. The molecule has 0 saturated carbocycles. The maximum atomic E-state index is 12.1. The van der Waals surface area contributed by atoms with Gasteiger partial charge in [0.05, 0.1) is 11.8 Å². The zero-order valence-corrected chi connectivity index (χ0v) is 9.46. The number of nitrogens with zero attached hydrogens (tertiary/aromatic N) is 1. The highest BCUT2D eigenvalue weighted by molar-refractivity contribution is 6.32. The van der Waals surface area contributed by atoms with Crippen molar-refractivity contribution in [2.24, 2.45) is 0 Å². The summed E-state index contributed by atoms with van der Waals surface area (Å²) in [5.74, 6) is -0.00176. The van der Waals surface area contributed by atoms with Crippen molar-refractivity contribution in [2.45, 2.75) is 32.2 Å². The van der Waals surface area contributed by atoms with Crippen LogP contribution in [0.5, 0.6) is 0 Å². The molecule has 2 rings (SSSR count). The number of furan rings is 1. The van der Waals surface area contributed by atoms with Crippen molar-refractivity contribution in [3.63, 3.8) is 0 Å². The summed E-state index contributed by atoms with van der Waals surface area (Å²) in [5.41, 5.74) is 0.483. The predicted molar refractivity (Wildman–Crippen MR) is 58.1 cm³/mol. The Balaban J connectivity index is 2.18. The van der Waals surface area contributed by atoms with Gasteiger partial charge in [-0.1, -0.05) is 6.92 Å². The van der Waals surface area contributed by atoms with Gasteiger partial charge in [0.1, 0.15) is 0 Å². The molecule has 0 N–H and O–H groups in total. The van der Waals surface area contributed by atoms with Crippen LogP contribution < -0.4 is 0 Å². The number of hydrogen-bond acceptors (Lipinski definition) is 2. The molecule has 0 bridgehead atoms. The van der Waals surface area contributed by atoms with Crippen LogP contribution >= 0.6 is 11.6 Å². The predicted octanol–water partition coefficient (Wildman–Crippen LogP) is 2.95. The van der Waals surface area contributed by atoms with E-state index >= 15 is 0 Å². The SMILES string of the molecule is CCC1CCCN1C(=O)c1ccoc1Cl. The third kappa shape index (κ3) is 1.88. The standard InChI is InChI=1S/C11H14ClNO2/c1-2-8-4-3-6-13(8)11(14)9-5-7-15-10(9)12/h5,7-8H,2-4,6H2,1H3. The number of hydrogen-bond donors (Lipinski definition) is 0. The van der Waals surface area contributed by atoms with Gasteiger partial charge < -0.3 is 9.32 Å². The molecule has 1 unspecified atom stereocenters. The molecule has 1 fully saturated rings. The van der Waals surface area contributed by atoms with Gasteiger partial charge in [-0.25, -0.2) is 0 Å². The molecule has 1 saturated heterocycles. The van der Waals surface area contributed by atoms with Crippen molar-refractivity contribution >= 4 is 17.5 Å². The molecule has 4 heteroatoms. The van der Waals surface area contributed by atoms with Gasteiger partial charge in [0.2, 0.25) is 5.22 Å². The Morgan fingerprint density at radius 1 is 1.73 bits per heavy atom. The molecule has 1 aromatic rings. The van der Waals surface area contributed by atoms with Crippen LogP contribution in [0, 0.1) is 0 Å². The van der Waals surface area contributed by atoms with Crippen LogP contribution in [0.2, 0.25) is 5.22 Å². The minimum absolute atomic E-state index is 0.00176. The minimum atomic E-state index is -0.00176. The van der Waals surface area contributed by atoms with Gasteiger partial charge in [-0.05, 0) is 36.9 Å². The third-order valence-corrected chi connectivity index (χ3v) is 3.25. The van der Waals surface area contributed by atoms with E-state index < -0.39 is 0 Å². The van der Waals surface area contributed by atoms with Crippen LogP contribution in [0.4, 0.5) is 0 Å². The third-order valence-electron chi connectivity index (χ3n) is 2.96.